The van der Waals surface area contributed by atoms with Crippen molar-refractivity contribution in [3.05, 3.63) is 109 Å². The number of allylic oxidation sites excluding steroid dienone is 18. The molecule has 0 rings (SSSR count). The highest BCUT2D eigenvalue weighted by molar-refractivity contribution is 7.47. The molecule has 0 heterocycles. The molecule has 0 aromatic rings. The minimum atomic E-state index is -4.93. The summed E-state index contributed by atoms with van der Waals surface area (Å²) < 4.78 is 61.1. The number of esters is 3. The topological polar surface area (TPSA) is 231 Å². The van der Waals surface area contributed by atoms with Gasteiger partial charge in [-0.15, -0.1) is 0 Å². The van der Waals surface area contributed by atoms with Crippen molar-refractivity contribution >= 4 is 33.6 Å². The van der Waals surface area contributed by atoms with Crippen molar-refractivity contribution in [3.63, 3.8) is 0 Å². The first-order valence-electron chi connectivity index (χ1n) is 40.2. The Hall–Kier alpha value is -3.79. The summed E-state index contributed by atoms with van der Waals surface area (Å²) in [6.07, 6.45) is 88.5. The standard InChI is InChI=1S/C83H146O16P2/c1-4-7-10-13-16-19-22-25-27-29-31-33-35-37-38-40-42-43-45-47-49-52-54-57-60-63-66-69-81(86)93-72-78(84)73-95-100(89,90)96-74-79(85)75-97-101(91,92)98-77-80(99-83(88)71-68-65-62-59-56-51-24-21-18-15-12-9-6-3)76-94-82(87)70-67-64-61-58-55-53-50-48-46-44-41-39-36-34-32-30-28-26-23-20-17-14-11-8-5-2/h16-17,19-21,24-28,31-34,37-39,41,78-80,84-85H,4-15,18,22-23,29-30,35-36,40,42-77H2,1-3H3,(H,89,90)(H,91,92)/b19-16-,20-17-,24-21-,27-25-,28-26-,33-31-,34-32-,38-37-,41-39-. The van der Waals surface area contributed by atoms with Gasteiger partial charge in [0.15, 0.2) is 6.10 Å². The van der Waals surface area contributed by atoms with E-state index >= 15 is 0 Å². The summed E-state index contributed by atoms with van der Waals surface area (Å²) in [6.45, 7) is 2.62. The average molecular weight is 1460 g/mol. The highest BCUT2D eigenvalue weighted by Gasteiger charge is 2.29. The van der Waals surface area contributed by atoms with Crippen molar-refractivity contribution in [2.75, 3.05) is 39.6 Å². The fraction of sp³-hybridized carbons (Fsp3) is 0.747. The van der Waals surface area contributed by atoms with Crippen LogP contribution in [-0.2, 0) is 55.8 Å². The van der Waals surface area contributed by atoms with Crippen LogP contribution in [0.5, 0.6) is 0 Å². The first-order chi connectivity index (χ1) is 49.2. The Balaban J connectivity index is 4.52. The van der Waals surface area contributed by atoms with Gasteiger partial charge in [-0.3, -0.25) is 32.5 Å². The van der Waals surface area contributed by atoms with E-state index in [4.69, 9.17) is 32.3 Å². The number of hydrogen-bond acceptors (Lipinski definition) is 14. The van der Waals surface area contributed by atoms with Gasteiger partial charge in [0.05, 0.1) is 26.4 Å². The molecule has 0 amide bonds. The molecule has 0 radical (unpaired) electrons. The molecule has 5 atom stereocenters. The van der Waals surface area contributed by atoms with Crippen molar-refractivity contribution < 1.29 is 75.8 Å². The van der Waals surface area contributed by atoms with Crippen LogP contribution in [0.15, 0.2) is 109 Å². The fourth-order valence-corrected chi connectivity index (χ4v) is 12.4. The molecular formula is C83H146O16P2. The third-order valence-corrected chi connectivity index (χ3v) is 18.8. The van der Waals surface area contributed by atoms with Crippen molar-refractivity contribution in [1.82, 2.24) is 0 Å². The van der Waals surface area contributed by atoms with Gasteiger partial charge in [0.2, 0.25) is 0 Å². The monoisotopic (exact) mass is 1460 g/mol. The van der Waals surface area contributed by atoms with Gasteiger partial charge < -0.3 is 34.2 Å². The third kappa shape index (κ3) is 77.1. The minimum absolute atomic E-state index is 0.0927. The molecular weight excluding hydrogens is 1310 g/mol. The highest BCUT2D eigenvalue weighted by atomic mass is 31.2. The van der Waals surface area contributed by atoms with Crippen molar-refractivity contribution in [3.8, 4) is 0 Å². The van der Waals surface area contributed by atoms with Crippen LogP contribution in [0, 0.1) is 0 Å². The van der Waals surface area contributed by atoms with Gasteiger partial charge in [-0.25, -0.2) is 9.13 Å². The van der Waals surface area contributed by atoms with Gasteiger partial charge in [0.1, 0.15) is 25.4 Å². The van der Waals surface area contributed by atoms with Crippen LogP contribution in [0.4, 0.5) is 0 Å². The van der Waals surface area contributed by atoms with Crippen LogP contribution in [-0.4, -0.2) is 95.9 Å². The second-order valence-electron chi connectivity index (χ2n) is 26.9. The SMILES string of the molecule is CCCCC/C=C\C/C=C\C/C=C\C/C=C\CCCCCCCCCCCCCC(=O)OCC(O)COP(=O)(O)OCC(O)COP(=O)(O)OCC(COC(=O)CCCCCCCCCCC/C=C\C/C=C\C/C=C\C/C=C\CCCCC)OC(=O)CCCCCCC/C=C\CCCCCC. The predicted octanol–water partition coefficient (Wildman–Crippen LogP) is 23.5. The van der Waals surface area contributed by atoms with E-state index in [0.29, 0.717) is 19.3 Å². The number of unbranched alkanes of at least 4 members (excludes halogenated alkanes) is 35. The normalized spacial score (nSPS) is 14.6. The van der Waals surface area contributed by atoms with E-state index in [0.717, 1.165) is 135 Å². The Morgan fingerprint density at radius 2 is 0.495 bits per heavy atom. The molecule has 0 spiro atoms. The molecule has 0 saturated carbocycles. The third-order valence-electron chi connectivity index (χ3n) is 16.9. The maximum Gasteiger partial charge on any atom is 0.472 e. The van der Waals surface area contributed by atoms with Gasteiger partial charge in [-0.05, 0) is 135 Å². The van der Waals surface area contributed by atoms with Crippen molar-refractivity contribution in [2.24, 2.45) is 0 Å². The zero-order valence-electron chi connectivity index (χ0n) is 63.8. The number of ether oxygens (including phenoxy) is 3. The quantitative estimate of drug-likeness (QED) is 0.0146. The van der Waals surface area contributed by atoms with Crippen LogP contribution >= 0.6 is 15.6 Å². The highest BCUT2D eigenvalue weighted by Crippen LogP contribution is 2.45. The Labute approximate surface area is 615 Å². The number of hydrogen-bond donors (Lipinski definition) is 4. The minimum Gasteiger partial charge on any atom is -0.463 e. The molecule has 0 fully saturated rings. The van der Waals surface area contributed by atoms with Gasteiger partial charge in [0.25, 0.3) is 0 Å². The smallest absolute Gasteiger partial charge is 0.463 e. The van der Waals surface area contributed by atoms with E-state index in [1.165, 1.54) is 148 Å². The second-order valence-corrected chi connectivity index (χ2v) is 29.8. The maximum absolute atomic E-state index is 13.0. The molecule has 101 heavy (non-hydrogen) atoms. The Bertz CT molecular complexity index is 2270. The molecule has 18 heteroatoms. The second kappa shape index (κ2) is 75.9. The van der Waals surface area contributed by atoms with Crippen LogP contribution in [0.1, 0.15) is 342 Å². The van der Waals surface area contributed by atoms with Crippen LogP contribution in [0.2, 0.25) is 0 Å². The van der Waals surface area contributed by atoms with E-state index in [-0.39, 0.29) is 19.3 Å². The molecule has 0 aromatic carbocycles. The average Bonchev–Trinajstić information content (AvgIpc) is 0.949. The molecule has 584 valence electrons. The van der Waals surface area contributed by atoms with E-state index in [1.807, 2.05) is 0 Å². The fourth-order valence-electron chi connectivity index (χ4n) is 10.8. The molecule has 0 aliphatic rings. The summed E-state index contributed by atoms with van der Waals surface area (Å²) in [7, 11) is -9.79. The van der Waals surface area contributed by atoms with Crippen LogP contribution in [0.25, 0.3) is 0 Å². The van der Waals surface area contributed by atoms with E-state index < -0.39 is 91.5 Å². The van der Waals surface area contributed by atoms with E-state index in [1.54, 1.807) is 0 Å². The van der Waals surface area contributed by atoms with Gasteiger partial charge in [-0.1, -0.05) is 297 Å². The summed E-state index contributed by atoms with van der Waals surface area (Å²) in [4.78, 5) is 58.6. The van der Waals surface area contributed by atoms with Crippen molar-refractivity contribution in [2.45, 2.75) is 360 Å². The van der Waals surface area contributed by atoms with Crippen LogP contribution in [0.3, 0.4) is 0 Å². The number of phosphoric acid groups is 2. The first kappa shape index (κ1) is 97.2. The van der Waals surface area contributed by atoms with Crippen LogP contribution < -0.4 is 0 Å². The summed E-state index contributed by atoms with van der Waals surface area (Å²) in [5.74, 6) is -1.59. The van der Waals surface area contributed by atoms with E-state index in [2.05, 4.69) is 130 Å². The number of carbonyl (C=O) groups is 3. The zero-order chi connectivity index (χ0) is 73.7. The largest absolute Gasteiger partial charge is 0.472 e. The Morgan fingerprint density at radius 1 is 0.277 bits per heavy atom. The lowest BCUT2D eigenvalue weighted by Gasteiger charge is -2.21. The Kier molecular flexibility index (Phi) is 73.0. The summed E-state index contributed by atoms with van der Waals surface area (Å²) in [6, 6.07) is 0. The summed E-state index contributed by atoms with van der Waals surface area (Å²) in [5.41, 5.74) is 0. The van der Waals surface area contributed by atoms with Gasteiger partial charge >= 0.3 is 33.6 Å². The predicted molar refractivity (Wildman–Crippen MR) is 417 cm³/mol. The molecule has 5 unspecified atom stereocenters. The molecule has 0 saturated heterocycles. The molecule has 4 N–H and O–H groups in total. The summed E-state index contributed by atoms with van der Waals surface area (Å²) in [5, 5.41) is 20.6. The van der Waals surface area contributed by atoms with Gasteiger partial charge in [-0.2, -0.15) is 0 Å². The lowest BCUT2D eigenvalue weighted by atomic mass is 10.0. The molecule has 0 aliphatic carbocycles. The first-order valence-corrected chi connectivity index (χ1v) is 43.2. The molecule has 0 bridgehead atoms. The number of aliphatic hydroxyl groups excluding tert-OH is 2. The number of carbonyl (C=O) groups excluding carboxylic acids is 3. The lowest BCUT2D eigenvalue weighted by Crippen LogP contribution is -2.30. The molecule has 0 aliphatic heterocycles. The maximum atomic E-state index is 13.0. The van der Waals surface area contributed by atoms with Gasteiger partial charge in [0, 0.05) is 19.3 Å². The van der Waals surface area contributed by atoms with E-state index in [9.17, 15) is 43.5 Å². The lowest BCUT2D eigenvalue weighted by molar-refractivity contribution is -0.161. The molecule has 0 aromatic heterocycles. The summed E-state index contributed by atoms with van der Waals surface area (Å²) >= 11 is 0. The number of aliphatic hydroxyl groups is 2. The number of rotatable bonds is 76. The number of phosphoric ester groups is 2. The molecule has 16 nitrogen and oxygen atoms in total. The van der Waals surface area contributed by atoms with Crippen molar-refractivity contribution in [1.29, 1.82) is 0 Å². The zero-order valence-corrected chi connectivity index (χ0v) is 65.6. The Morgan fingerprint density at radius 3 is 0.812 bits per heavy atom.